The van der Waals surface area contributed by atoms with Crippen molar-refractivity contribution in [2.75, 3.05) is 20.1 Å². The number of likely N-dealkylation sites (N-methyl/N-ethyl adjacent to an activating group) is 1. The Bertz CT molecular complexity index is 454. The summed E-state index contributed by atoms with van der Waals surface area (Å²) in [5, 5.41) is 3.63. The molecule has 1 aromatic carbocycles. The van der Waals surface area contributed by atoms with Crippen LogP contribution in [-0.4, -0.2) is 37.1 Å². The first-order chi connectivity index (χ1) is 10.1. The molecule has 2 nitrogen and oxygen atoms in total. The topological polar surface area (TPSA) is 15.3 Å². The van der Waals surface area contributed by atoms with E-state index in [-0.39, 0.29) is 0 Å². The van der Waals surface area contributed by atoms with Crippen molar-refractivity contribution < 1.29 is 0 Å². The first kappa shape index (κ1) is 15.1. The van der Waals surface area contributed by atoms with Gasteiger partial charge in [-0.2, -0.15) is 0 Å². The van der Waals surface area contributed by atoms with Crippen LogP contribution >= 0.6 is 0 Å². The number of benzene rings is 1. The Morgan fingerprint density at radius 2 is 1.90 bits per heavy atom. The fraction of sp³-hybridized carbons (Fsp3) is 0.684. The summed E-state index contributed by atoms with van der Waals surface area (Å²) >= 11 is 0. The zero-order chi connectivity index (χ0) is 14.9. The summed E-state index contributed by atoms with van der Waals surface area (Å²) in [5.74, 6) is 0.730. The highest BCUT2D eigenvalue weighted by Crippen LogP contribution is 2.40. The predicted octanol–water partition coefficient (Wildman–Crippen LogP) is 3.64. The molecule has 3 unspecified atom stereocenters. The maximum Gasteiger partial charge on any atom is 0.0271 e. The number of rotatable bonds is 3. The van der Waals surface area contributed by atoms with E-state index in [1.807, 2.05) is 0 Å². The molecule has 3 rings (SSSR count). The number of nitrogens with one attached hydrogen (secondary N) is 1. The lowest BCUT2D eigenvalue weighted by Gasteiger charge is -2.47. The van der Waals surface area contributed by atoms with Crippen LogP contribution in [0, 0.1) is 5.41 Å². The van der Waals surface area contributed by atoms with Crippen LogP contribution in [0.5, 0.6) is 0 Å². The summed E-state index contributed by atoms with van der Waals surface area (Å²) in [7, 11) is 2.15. The second kappa shape index (κ2) is 6.10. The standard InChI is InChI=1S/C19H30N2/c1-19(2)12-7-10-17(18(19)20-3)21-13-11-16(14-21)15-8-5-4-6-9-15/h4-6,8-9,16-18,20H,7,10-14H2,1-3H3. The lowest BCUT2D eigenvalue weighted by molar-refractivity contribution is 0.0653. The molecule has 0 spiro atoms. The monoisotopic (exact) mass is 286 g/mol. The summed E-state index contributed by atoms with van der Waals surface area (Å²) in [4.78, 5) is 2.76. The minimum atomic E-state index is 0.419. The number of hydrogen-bond donors (Lipinski definition) is 1. The molecule has 21 heavy (non-hydrogen) atoms. The quantitative estimate of drug-likeness (QED) is 0.912. The van der Waals surface area contributed by atoms with Crippen molar-refractivity contribution in [3.8, 4) is 0 Å². The van der Waals surface area contributed by atoms with E-state index in [1.54, 1.807) is 0 Å². The largest absolute Gasteiger partial charge is 0.315 e. The molecule has 2 fully saturated rings. The van der Waals surface area contributed by atoms with E-state index < -0.39 is 0 Å². The highest BCUT2D eigenvalue weighted by atomic mass is 15.2. The van der Waals surface area contributed by atoms with E-state index in [4.69, 9.17) is 0 Å². The van der Waals surface area contributed by atoms with Gasteiger partial charge in [-0.3, -0.25) is 4.90 Å². The zero-order valence-electron chi connectivity index (χ0n) is 13.8. The van der Waals surface area contributed by atoms with Crippen LogP contribution in [0.15, 0.2) is 30.3 Å². The smallest absolute Gasteiger partial charge is 0.0271 e. The third-order valence-electron chi connectivity index (χ3n) is 5.82. The Balaban J connectivity index is 1.70. The van der Waals surface area contributed by atoms with Crippen molar-refractivity contribution in [3.63, 3.8) is 0 Å². The first-order valence-electron chi connectivity index (χ1n) is 8.58. The maximum atomic E-state index is 3.63. The molecule has 1 saturated carbocycles. The van der Waals surface area contributed by atoms with Gasteiger partial charge in [-0.15, -0.1) is 0 Å². The van der Waals surface area contributed by atoms with E-state index in [9.17, 15) is 0 Å². The molecule has 1 aromatic rings. The molecule has 1 heterocycles. The van der Waals surface area contributed by atoms with Gasteiger partial charge in [0.15, 0.2) is 0 Å². The van der Waals surface area contributed by atoms with Crippen LogP contribution in [0.4, 0.5) is 0 Å². The molecule has 1 saturated heterocycles. The molecule has 1 aliphatic carbocycles. The molecule has 2 heteroatoms. The van der Waals surface area contributed by atoms with Gasteiger partial charge in [0.2, 0.25) is 0 Å². The third-order valence-corrected chi connectivity index (χ3v) is 5.82. The normalized spacial score (nSPS) is 33.2. The summed E-state index contributed by atoms with van der Waals surface area (Å²) in [6.45, 7) is 7.37. The van der Waals surface area contributed by atoms with Gasteiger partial charge < -0.3 is 5.32 Å². The first-order valence-corrected chi connectivity index (χ1v) is 8.58. The van der Waals surface area contributed by atoms with E-state index in [0.717, 1.165) is 5.92 Å². The van der Waals surface area contributed by atoms with Gasteiger partial charge in [-0.1, -0.05) is 50.6 Å². The van der Waals surface area contributed by atoms with Gasteiger partial charge >= 0.3 is 0 Å². The second-order valence-electron chi connectivity index (χ2n) is 7.61. The molecular formula is C19H30N2. The third kappa shape index (κ3) is 3.02. The summed E-state index contributed by atoms with van der Waals surface area (Å²) in [6, 6.07) is 12.4. The van der Waals surface area contributed by atoms with Gasteiger partial charge in [0.25, 0.3) is 0 Å². The van der Waals surface area contributed by atoms with Gasteiger partial charge in [0.1, 0.15) is 0 Å². The van der Waals surface area contributed by atoms with Crippen molar-refractivity contribution in [3.05, 3.63) is 35.9 Å². The van der Waals surface area contributed by atoms with Gasteiger partial charge in [0.05, 0.1) is 0 Å². The van der Waals surface area contributed by atoms with Crippen molar-refractivity contribution in [1.82, 2.24) is 10.2 Å². The Kier molecular flexibility index (Phi) is 4.37. The van der Waals surface area contributed by atoms with Crippen molar-refractivity contribution in [1.29, 1.82) is 0 Å². The minimum Gasteiger partial charge on any atom is -0.315 e. The van der Waals surface area contributed by atoms with E-state index in [0.29, 0.717) is 17.5 Å². The highest BCUT2D eigenvalue weighted by Gasteiger charge is 2.42. The van der Waals surface area contributed by atoms with Crippen molar-refractivity contribution in [2.45, 2.75) is 57.5 Å². The molecule has 0 amide bonds. The Morgan fingerprint density at radius 1 is 1.14 bits per heavy atom. The zero-order valence-corrected chi connectivity index (χ0v) is 13.8. The summed E-state index contributed by atoms with van der Waals surface area (Å²) < 4.78 is 0. The van der Waals surface area contributed by atoms with Crippen LogP contribution in [0.1, 0.15) is 51.0 Å². The number of likely N-dealkylation sites (tertiary alicyclic amines) is 1. The molecule has 2 aliphatic rings. The fourth-order valence-corrected chi connectivity index (χ4v) is 4.67. The predicted molar refractivity (Wildman–Crippen MR) is 89.6 cm³/mol. The molecule has 1 N–H and O–H groups in total. The van der Waals surface area contributed by atoms with Gasteiger partial charge in [-0.05, 0) is 49.8 Å². The molecule has 116 valence electrons. The lowest BCUT2D eigenvalue weighted by atomic mass is 9.70. The summed E-state index contributed by atoms with van der Waals surface area (Å²) in [6.07, 6.45) is 5.40. The fourth-order valence-electron chi connectivity index (χ4n) is 4.67. The van der Waals surface area contributed by atoms with E-state index >= 15 is 0 Å². The average molecular weight is 286 g/mol. The van der Waals surface area contributed by atoms with Crippen molar-refractivity contribution in [2.24, 2.45) is 5.41 Å². The lowest BCUT2D eigenvalue weighted by Crippen LogP contribution is -2.57. The Hall–Kier alpha value is -0.860. The van der Waals surface area contributed by atoms with E-state index in [1.165, 1.54) is 44.3 Å². The van der Waals surface area contributed by atoms with Crippen LogP contribution in [0.2, 0.25) is 0 Å². The number of nitrogens with zero attached hydrogens (tertiary/aromatic N) is 1. The average Bonchev–Trinajstić information content (AvgIpc) is 2.96. The Labute approximate surface area is 129 Å². The minimum absolute atomic E-state index is 0.419. The highest BCUT2D eigenvalue weighted by molar-refractivity contribution is 5.21. The SMILES string of the molecule is CNC1C(N2CCC(c3ccccc3)C2)CCCC1(C)C. The van der Waals surface area contributed by atoms with Crippen LogP contribution in [0.25, 0.3) is 0 Å². The number of hydrogen-bond acceptors (Lipinski definition) is 2. The molecule has 0 radical (unpaired) electrons. The summed E-state index contributed by atoms with van der Waals surface area (Å²) in [5.41, 5.74) is 1.94. The van der Waals surface area contributed by atoms with Gasteiger partial charge in [0, 0.05) is 18.6 Å². The van der Waals surface area contributed by atoms with Crippen LogP contribution in [-0.2, 0) is 0 Å². The van der Waals surface area contributed by atoms with E-state index in [2.05, 4.69) is 61.4 Å². The molecule has 0 aromatic heterocycles. The molecular weight excluding hydrogens is 256 g/mol. The van der Waals surface area contributed by atoms with Gasteiger partial charge in [-0.25, -0.2) is 0 Å². The Morgan fingerprint density at radius 3 is 2.62 bits per heavy atom. The molecule has 0 bridgehead atoms. The van der Waals surface area contributed by atoms with Crippen LogP contribution < -0.4 is 5.32 Å². The molecule has 1 aliphatic heterocycles. The van der Waals surface area contributed by atoms with Crippen molar-refractivity contribution >= 4 is 0 Å². The molecule has 3 atom stereocenters. The van der Waals surface area contributed by atoms with Crippen LogP contribution in [0.3, 0.4) is 0 Å². The maximum absolute atomic E-state index is 3.63. The second-order valence-corrected chi connectivity index (χ2v) is 7.61.